The van der Waals surface area contributed by atoms with E-state index in [1.807, 2.05) is 12.4 Å². The van der Waals surface area contributed by atoms with Crippen LogP contribution in [0.2, 0.25) is 0 Å². The number of thioether (sulfide) groups is 1. The molecule has 1 heterocycles. The van der Waals surface area contributed by atoms with E-state index < -0.39 is 0 Å². The van der Waals surface area contributed by atoms with E-state index in [0.29, 0.717) is 11.7 Å². The monoisotopic (exact) mass is 210 g/mol. The van der Waals surface area contributed by atoms with Gasteiger partial charge < -0.3 is 0 Å². The largest absolute Gasteiger partial charge is 0.272 e. The summed E-state index contributed by atoms with van der Waals surface area (Å²) in [7, 11) is 1.75. The highest BCUT2D eigenvalue weighted by Gasteiger charge is 1.98. The number of nitrogens with one attached hydrogen (secondary N) is 1. The Bertz CT molecular complexity index is 363. The molecule has 0 fully saturated rings. The van der Waals surface area contributed by atoms with Gasteiger partial charge in [-0.25, -0.2) is 0 Å². The molecular weight excluding hydrogens is 200 g/mol. The summed E-state index contributed by atoms with van der Waals surface area (Å²) < 4.78 is 0. The minimum Gasteiger partial charge on any atom is -0.272 e. The first-order chi connectivity index (χ1) is 6.76. The molecule has 0 amide bonds. The van der Waals surface area contributed by atoms with Crippen molar-refractivity contribution < 1.29 is 0 Å². The van der Waals surface area contributed by atoms with Crippen LogP contribution in [0.1, 0.15) is 5.69 Å². The summed E-state index contributed by atoms with van der Waals surface area (Å²) in [4.78, 5) is 5.62. The standard InChI is InChI=1S/C7H10N6S/c1-13-11-4-6(12-13)3-9-7(14-2)10-5-8/h4H,3H2,1-2H3,(H,9,10). The number of aromatic nitrogens is 3. The number of nitrogens with zero attached hydrogens (tertiary/aromatic N) is 5. The number of hydrogen-bond acceptors (Lipinski definition) is 5. The van der Waals surface area contributed by atoms with Gasteiger partial charge in [-0.3, -0.25) is 10.3 Å². The van der Waals surface area contributed by atoms with Gasteiger partial charge in [0.05, 0.1) is 12.7 Å². The van der Waals surface area contributed by atoms with E-state index in [-0.39, 0.29) is 0 Å². The molecule has 0 unspecified atom stereocenters. The first kappa shape index (κ1) is 10.5. The van der Waals surface area contributed by atoms with E-state index in [9.17, 15) is 0 Å². The number of hydrogen-bond donors (Lipinski definition) is 1. The minimum atomic E-state index is 0.429. The highest BCUT2D eigenvalue weighted by molar-refractivity contribution is 8.13. The van der Waals surface area contributed by atoms with Crippen LogP contribution in [0.5, 0.6) is 0 Å². The van der Waals surface area contributed by atoms with Crippen molar-refractivity contribution in [1.29, 1.82) is 5.26 Å². The van der Waals surface area contributed by atoms with Gasteiger partial charge in [-0.2, -0.15) is 20.3 Å². The third kappa shape index (κ3) is 3.06. The molecule has 1 aromatic heterocycles. The van der Waals surface area contributed by atoms with Gasteiger partial charge in [0.15, 0.2) is 11.4 Å². The smallest absolute Gasteiger partial charge is 0.183 e. The van der Waals surface area contributed by atoms with Gasteiger partial charge in [-0.05, 0) is 6.26 Å². The molecule has 7 heteroatoms. The van der Waals surface area contributed by atoms with E-state index in [0.717, 1.165) is 5.69 Å². The zero-order chi connectivity index (χ0) is 10.4. The first-order valence-corrected chi connectivity index (χ1v) is 5.07. The van der Waals surface area contributed by atoms with Crippen LogP contribution in [0, 0.1) is 11.5 Å². The SMILES string of the molecule is CSC(=NCc1cnn(C)n1)NC#N. The first-order valence-electron chi connectivity index (χ1n) is 3.85. The van der Waals surface area contributed by atoms with Gasteiger partial charge in [0.1, 0.15) is 5.69 Å². The molecule has 1 N–H and O–H groups in total. The van der Waals surface area contributed by atoms with Crippen LogP contribution in [0.4, 0.5) is 0 Å². The van der Waals surface area contributed by atoms with Gasteiger partial charge >= 0.3 is 0 Å². The lowest BCUT2D eigenvalue weighted by Crippen LogP contribution is -2.13. The molecule has 6 nitrogen and oxygen atoms in total. The molecule has 74 valence electrons. The van der Waals surface area contributed by atoms with E-state index in [4.69, 9.17) is 5.26 Å². The third-order valence-corrected chi connectivity index (χ3v) is 2.01. The molecule has 0 aliphatic carbocycles. The van der Waals surface area contributed by atoms with Crippen molar-refractivity contribution >= 4 is 16.9 Å². The second-order valence-corrected chi connectivity index (χ2v) is 3.18. The molecule has 0 saturated carbocycles. The summed E-state index contributed by atoms with van der Waals surface area (Å²) in [5.74, 6) is 0. The Kier molecular flexibility index (Phi) is 3.94. The Morgan fingerprint density at radius 3 is 3.14 bits per heavy atom. The molecule has 0 aliphatic rings. The summed E-state index contributed by atoms with van der Waals surface area (Å²) in [6, 6.07) is 0. The highest BCUT2D eigenvalue weighted by Crippen LogP contribution is 1.99. The van der Waals surface area contributed by atoms with Gasteiger partial charge in [-0.15, -0.1) is 0 Å². The topological polar surface area (TPSA) is 78.9 Å². The van der Waals surface area contributed by atoms with Crippen molar-refractivity contribution in [2.45, 2.75) is 6.54 Å². The summed E-state index contributed by atoms with van der Waals surface area (Å²) in [6.45, 7) is 0.429. The fraction of sp³-hybridized carbons (Fsp3) is 0.429. The Morgan fingerprint density at radius 1 is 1.86 bits per heavy atom. The van der Waals surface area contributed by atoms with Crippen molar-refractivity contribution in [2.24, 2.45) is 12.0 Å². The zero-order valence-electron chi connectivity index (χ0n) is 7.93. The Hall–Kier alpha value is -1.55. The molecule has 0 spiro atoms. The number of nitriles is 1. The maximum absolute atomic E-state index is 8.38. The maximum Gasteiger partial charge on any atom is 0.183 e. The molecule has 14 heavy (non-hydrogen) atoms. The molecule has 0 aliphatic heterocycles. The van der Waals surface area contributed by atoms with Crippen molar-refractivity contribution in [3.8, 4) is 6.19 Å². The van der Waals surface area contributed by atoms with Gasteiger partial charge in [-0.1, -0.05) is 11.8 Å². The van der Waals surface area contributed by atoms with Crippen molar-refractivity contribution in [1.82, 2.24) is 20.3 Å². The van der Waals surface area contributed by atoms with Crippen LogP contribution in [0.3, 0.4) is 0 Å². The van der Waals surface area contributed by atoms with E-state index in [2.05, 4.69) is 20.5 Å². The molecular formula is C7H10N6S. The molecule has 0 saturated heterocycles. The van der Waals surface area contributed by atoms with Crippen LogP contribution in [0.25, 0.3) is 0 Å². The number of aliphatic imine (C=N–C) groups is 1. The third-order valence-electron chi connectivity index (χ3n) is 1.39. The Labute approximate surface area is 86.0 Å². The summed E-state index contributed by atoms with van der Waals surface area (Å²) in [6.07, 6.45) is 5.31. The van der Waals surface area contributed by atoms with Crippen LogP contribution in [-0.4, -0.2) is 26.4 Å². The van der Waals surface area contributed by atoms with Crippen molar-refractivity contribution in [3.05, 3.63) is 11.9 Å². The fourth-order valence-electron chi connectivity index (χ4n) is 0.816. The Morgan fingerprint density at radius 2 is 2.64 bits per heavy atom. The van der Waals surface area contributed by atoms with Gasteiger partial charge in [0.25, 0.3) is 0 Å². The lowest BCUT2D eigenvalue weighted by atomic mass is 10.5. The van der Waals surface area contributed by atoms with Gasteiger partial charge in [0, 0.05) is 7.05 Å². The fourth-order valence-corrected chi connectivity index (χ4v) is 1.16. The van der Waals surface area contributed by atoms with Crippen LogP contribution < -0.4 is 5.32 Å². The summed E-state index contributed by atoms with van der Waals surface area (Å²) in [5, 5.41) is 19.4. The maximum atomic E-state index is 8.38. The quantitative estimate of drug-likeness (QED) is 0.324. The lowest BCUT2D eigenvalue weighted by molar-refractivity contribution is 0.645. The van der Waals surface area contributed by atoms with Crippen LogP contribution >= 0.6 is 11.8 Å². The minimum absolute atomic E-state index is 0.429. The van der Waals surface area contributed by atoms with Crippen molar-refractivity contribution in [2.75, 3.05) is 6.26 Å². The summed E-state index contributed by atoms with van der Waals surface area (Å²) >= 11 is 1.38. The molecule has 1 rings (SSSR count). The second-order valence-electron chi connectivity index (χ2n) is 2.39. The average molecular weight is 210 g/mol. The Balaban J connectivity index is 2.57. The molecule has 1 aromatic rings. The normalized spacial score (nSPS) is 11.1. The number of rotatable bonds is 2. The number of amidine groups is 1. The van der Waals surface area contributed by atoms with Crippen LogP contribution in [0.15, 0.2) is 11.2 Å². The van der Waals surface area contributed by atoms with E-state index in [1.54, 1.807) is 13.2 Å². The van der Waals surface area contributed by atoms with E-state index >= 15 is 0 Å². The predicted octanol–water partition coefficient (Wildman–Crippen LogP) is 0.105. The highest BCUT2D eigenvalue weighted by atomic mass is 32.2. The van der Waals surface area contributed by atoms with Crippen LogP contribution in [-0.2, 0) is 13.6 Å². The molecule has 0 aromatic carbocycles. The number of aryl methyl sites for hydroxylation is 1. The lowest BCUT2D eigenvalue weighted by Gasteiger charge is -1.96. The molecule has 0 radical (unpaired) electrons. The average Bonchev–Trinajstić information content (AvgIpc) is 2.59. The molecule has 0 bridgehead atoms. The second kappa shape index (κ2) is 5.24. The molecule has 0 atom stereocenters. The zero-order valence-corrected chi connectivity index (χ0v) is 8.75. The van der Waals surface area contributed by atoms with Crippen molar-refractivity contribution in [3.63, 3.8) is 0 Å². The van der Waals surface area contributed by atoms with Gasteiger partial charge in [0.2, 0.25) is 0 Å². The summed E-state index contributed by atoms with van der Waals surface area (Å²) in [5.41, 5.74) is 0.777. The predicted molar refractivity (Wildman–Crippen MR) is 54.4 cm³/mol. The van der Waals surface area contributed by atoms with E-state index in [1.165, 1.54) is 16.6 Å².